The van der Waals surface area contributed by atoms with Gasteiger partial charge in [0.2, 0.25) is 0 Å². The van der Waals surface area contributed by atoms with Crippen LogP contribution in [-0.4, -0.2) is 9.54 Å². The number of oxazole rings is 1. The minimum absolute atomic E-state index is 0.293. The smallest absolute Gasteiger partial charge is 0.415 e. The summed E-state index contributed by atoms with van der Waals surface area (Å²) in [6.45, 7) is 4.04. The van der Waals surface area contributed by atoms with Crippen LogP contribution in [0.1, 0.15) is 16.7 Å². The Morgan fingerprint density at radius 2 is 2.19 bits per heavy atom. The van der Waals surface area contributed by atoms with Crippen molar-refractivity contribution < 1.29 is 8.97 Å². The van der Waals surface area contributed by atoms with E-state index in [1.807, 2.05) is 26.0 Å². The van der Waals surface area contributed by atoms with Crippen molar-refractivity contribution in [3.8, 4) is 0 Å². The number of aryl methyl sites for hydroxylation is 2. The van der Waals surface area contributed by atoms with Crippen LogP contribution in [0.15, 0.2) is 40.3 Å². The maximum absolute atomic E-state index is 11.9. The monoisotopic (exact) mass is 235 g/mol. The van der Waals surface area contributed by atoms with Crippen molar-refractivity contribution in [2.45, 2.75) is 24.8 Å². The summed E-state index contributed by atoms with van der Waals surface area (Å²) in [6, 6.07) is 6.14. The average Bonchev–Trinajstić information content (AvgIpc) is 2.76. The van der Waals surface area contributed by atoms with Gasteiger partial charge in [0, 0.05) is 5.56 Å². The number of hydrogen-bond acceptors (Lipinski definition) is 3. The van der Waals surface area contributed by atoms with Gasteiger partial charge in [0.05, 0.1) is 17.4 Å². The van der Waals surface area contributed by atoms with E-state index in [2.05, 4.69) is 11.1 Å². The molecule has 3 nitrogen and oxygen atoms in total. The highest BCUT2D eigenvalue weighted by atomic mass is 32.2. The van der Waals surface area contributed by atoms with Crippen molar-refractivity contribution in [3.63, 3.8) is 0 Å². The Balaban J connectivity index is 2.17. The van der Waals surface area contributed by atoms with Crippen LogP contribution in [0.25, 0.3) is 0 Å². The van der Waals surface area contributed by atoms with E-state index in [-0.39, 0.29) is 0 Å². The first-order valence-electron chi connectivity index (χ1n) is 5.01. The van der Waals surface area contributed by atoms with E-state index in [9.17, 15) is 4.55 Å². The van der Waals surface area contributed by atoms with Crippen LogP contribution in [0.5, 0.6) is 0 Å². The lowest BCUT2D eigenvalue weighted by molar-refractivity contribution is 0.429. The van der Waals surface area contributed by atoms with Crippen molar-refractivity contribution in [2.24, 2.45) is 0 Å². The normalized spacial score (nSPS) is 12.7. The van der Waals surface area contributed by atoms with Crippen LogP contribution in [0.4, 0.5) is 0 Å². The second-order valence-corrected chi connectivity index (χ2v) is 5.05. The lowest BCUT2D eigenvalue weighted by atomic mass is 10.1. The molecule has 0 aliphatic carbocycles. The molecule has 0 saturated heterocycles. The van der Waals surface area contributed by atoms with E-state index in [1.165, 1.54) is 18.0 Å². The summed E-state index contributed by atoms with van der Waals surface area (Å²) in [7, 11) is 0. The van der Waals surface area contributed by atoms with E-state index in [1.54, 1.807) is 0 Å². The largest absolute Gasteiger partial charge is 0.607 e. The number of nitrogens with zero attached hydrogens (tertiary/aromatic N) is 1. The molecule has 1 atom stereocenters. The highest BCUT2D eigenvalue weighted by Crippen LogP contribution is 2.18. The molecule has 2 rings (SSSR count). The fourth-order valence-corrected chi connectivity index (χ4v) is 2.54. The van der Waals surface area contributed by atoms with Crippen LogP contribution >= 0.6 is 0 Å². The van der Waals surface area contributed by atoms with E-state index < -0.39 is 11.2 Å². The van der Waals surface area contributed by atoms with Gasteiger partial charge in [-0.05, 0) is 19.4 Å². The molecule has 0 spiro atoms. The Morgan fingerprint density at radius 3 is 2.88 bits per heavy atom. The lowest BCUT2D eigenvalue weighted by Crippen LogP contribution is -2.06. The van der Waals surface area contributed by atoms with Crippen LogP contribution < -0.4 is 0 Å². The molecule has 0 saturated carbocycles. The molecule has 1 heterocycles. The van der Waals surface area contributed by atoms with E-state index >= 15 is 0 Å². The Bertz CT molecular complexity index is 468. The van der Waals surface area contributed by atoms with Crippen molar-refractivity contribution in [2.75, 3.05) is 0 Å². The molecule has 1 aromatic heterocycles. The third-order valence-electron chi connectivity index (χ3n) is 2.40. The molecule has 84 valence electrons. The standard InChI is InChI=1S/C12H13NO2S/c1-9-3-4-10(2)11(7-9)8-16(14)12-13-5-6-15-12/h3-7H,8H2,1-2H3. The van der Waals surface area contributed by atoms with Crippen LogP contribution in [-0.2, 0) is 16.9 Å². The zero-order chi connectivity index (χ0) is 11.5. The summed E-state index contributed by atoms with van der Waals surface area (Å²) in [5.74, 6) is 0.452. The highest BCUT2D eigenvalue weighted by molar-refractivity contribution is 7.90. The molecule has 0 amide bonds. The van der Waals surface area contributed by atoms with Gasteiger partial charge >= 0.3 is 5.22 Å². The van der Waals surface area contributed by atoms with Gasteiger partial charge in [-0.2, -0.15) is 4.98 Å². The van der Waals surface area contributed by atoms with Gasteiger partial charge in [-0.1, -0.05) is 23.8 Å². The van der Waals surface area contributed by atoms with Gasteiger partial charge in [-0.3, -0.25) is 0 Å². The summed E-state index contributed by atoms with van der Waals surface area (Å²) in [5.41, 5.74) is 3.40. The van der Waals surface area contributed by atoms with Crippen molar-refractivity contribution >= 4 is 11.2 Å². The minimum Gasteiger partial charge on any atom is -0.607 e. The Morgan fingerprint density at radius 1 is 1.38 bits per heavy atom. The predicted octanol–water partition coefficient (Wildman–Crippen LogP) is 2.60. The Labute approximate surface area is 97.7 Å². The van der Waals surface area contributed by atoms with Crippen LogP contribution in [0.2, 0.25) is 0 Å². The van der Waals surface area contributed by atoms with Gasteiger partial charge in [-0.25, -0.2) is 0 Å². The summed E-state index contributed by atoms with van der Waals surface area (Å²) < 4.78 is 16.9. The molecule has 0 aliphatic rings. The SMILES string of the molecule is Cc1ccc(C)c(C[S+]([O-])c2ncco2)c1. The molecular weight excluding hydrogens is 222 g/mol. The van der Waals surface area contributed by atoms with Gasteiger partial charge in [-0.15, -0.1) is 0 Å². The van der Waals surface area contributed by atoms with Crippen LogP contribution in [0, 0.1) is 13.8 Å². The first kappa shape index (κ1) is 11.2. The van der Waals surface area contributed by atoms with E-state index in [4.69, 9.17) is 4.42 Å². The summed E-state index contributed by atoms with van der Waals surface area (Å²) in [5, 5.41) is 0.293. The Kier molecular flexibility index (Phi) is 3.31. The number of rotatable bonds is 3. The number of aromatic nitrogens is 1. The van der Waals surface area contributed by atoms with Crippen molar-refractivity contribution in [3.05, 3.63) is 47.3 Å². The highest BCUT2D eigenvalue weighted by Gasteiger charge is 2.17. The average molecular weight is 235 g/mol. The zero-order valence-corrected chi connectivity index (χ0v) is 10.1. The topological polar surface area (TPSA) is 49.1 Å². The second-order valence-electron chi connectivity index (χ2n) is 3.72. The molecule has 1 unspecified atom stereocenters. The van der Waals surface area contributed by atoms with Crippen LogP contribution in [0.3, 0.4) is 0 Å². The van der Waals surface area contributed by atoms with E-state index in [0.717, 1.165) is 11.1 Å². The van der Waals surface area contributed by atoms with Crippen molar-refractivity contribution in [1.29, 1.82) is 0 Å². The minimum atomic E-state index is -1.20. The molecule has 1 aromatic carbocycles. The lowest BCUT2D eigenvalue weighted by Gasteiger charge is -2.08. The second kappa shape index (κ2) is 4.72. The third kappa shape index (κ3) is 2.46. The van der Waals surface area contributed by atoms with Gasteiger partial charge < -0.3 is 8.97 Å². The van der Waals surface area contributed by atoms with Crippen molar-refractivity contribution in [1.82, 2.24) is 4.98 Å². The zero-order valence-electron chi connectivity index (χ0n) is 9.27. The quantitative estimate of drug-likeness (QED) is 0.768. The Hall–Kier alpha value is -1.26. The molecule has 0 bridgehead atoms. The predicted molar refractivity (Wildman–Crippen MR) is 62.5 cm³/mol. The molecule has 16 heavy (non-hydrogen) atoms. The molecular formula is C12H13NO2S. The first-order chi connectivity index (χ1) is 7.66. The van der Waals surface area contributed by atoms with Gasteiger partial charge in [0.15, 0.2) is 0 Å². The van der Waals surface area contributed by atoms with E-state index in [0.29, 0.717) is 11.0 Å². The molecule has 0 N–H and O–H groups in total. The third-order valence-corrected chi connectivity index (χ3v) is 3.56. The molecule has 0 aliphatic heterocycles. The van der Waals surface area contributed by atoms with Gasteiger partial charge in [0.1, 0.15) is 12.0 Å². The first-order valence-corrected chi connectivity index (χ1v) is 6.32. The number of benzene rings is 1. The summed E-state index contributed by atoms with van der Waals surface area (Å²) >= 11 is -1.20. The maximum Gasteiger partial charge on any atom is 0.415 e. The molecule has 0 radical (unpaired) electrons. The van der Waals surface area contributed by atoms with Gasteiger partial charge in [0.25, 0.3) is 0 Å². The fraction of sp³-hybridized carbons (Fsp3) is 0.250. The molecule has 0 fully saturated rings. The maximum atomic E-state index is 11.9. The molecule has 4 heteroatoms. The summed E-state index contributed by atoms with van der Waals surface area (Å²) in [6.07, 6.45) is 2.95. The molecule has 2 aromatic rings. The fourth-order valence-electron chi connectivity index (χ4n) is 1.48. The summed E-state index contributed by atoms with van der Waals surface area (Å²) in [4.78, 5) is 3.90. The number of hydrogen-bond donors (Lipinski definition) is 0.